The summed E-state index contributed by atoms with van der Waals surface area (Å²) >= 11 is 6.17. The molecule has 1 unspecified atom stereocenters. The minimum absolute atomic E-state index is 0.132. The van der Waals surface area contributed by atoms with Crippen LogP contribution in [-0.4, -0.2) is 49.1 Å². The predicted octanol–water partition coefficient (Wildman–Crippen LogP) is 2.51. The highest BCUT2D eigenvalue weighted by molar-refractivity contribution is 6.31. The van der Waals surface area contributed by atoms with Crippen LogP contribution in [0.3, 0.4) is 0 Å². The Morgan fingerprint density at radius 2 is 2.00 bits per heavy atom. The van der Waals surface area contributed by atoms with Crippen molar-refractivity contribution in [3.8, 4) is 0 Å². The van der Waals surface area contributed by atoms with E-state index in [9.17, 15) is 4.39 Å². The van der Waals surface area contributed by atoms with Crippen LogP contribution in [0.4, 0.5) is 4.39 Å². The summed E-state index contributed by atoms with van der Waals surface area (Å²) in [7, 11) is 0. The Bertz CT molecular complexity index is 413. The fraction of sp³-hybridized carbons (Fsp3) is 0.600. The van der Waals surface area contributed by atoms with Crippen LogP contribution < -0.4 is 5.73 Å². The molecule has 0 bridgehead atoms. The molecule has 1 aliphatic rings. The summed E-state index contributed by atoms with van der Waals surface area (Å²) in [4.78, 5) is 4.68. The molecule has 0 amide bonds. The minimum atomic E-state index is -0.260. The molecule has 3 nitrogen and oxygen atoms in total. The smallest absolute Gasteiger partial charge is 0.129 e. The normalized spacial score (nSPS) is 19.2. The van der Waals surface area contributed by atoms with E-state index in [1.54, 1.807) is 12.1 Å². The SMILES string of the molecule is CCCN1CCN(C(CN)c2c(F)cccc2Cl)CC1. The first-order valence-electron chi connectivity index (χ1n) is 7.27. The minimum Gasteiger partial charge on any atom is -0.329 e. The predicted molar refractivity (Wildman–Crippen MR) is 81.5 cm³/mol. The van der Waals surface area contributed by atoms with Crippen LogP contribution in [0.25, 0.3) is 0 Å². The average Bonchev–Trinajstić information content (AvgIpc) is 2.45. The number of nitrogens with two attached hydrogens (primary N) is 1. The van der Waals surface area contributed by atoms with Crippen LogP contribution in [0.1, 0.15) is 24.9 Å². The fourth-order valence-electron chi connectivity index (χ4n) is 2.89. The molecular formula is C15H23ClFN3. The molecule has 5 heteroatoms. The average molecular weight is 300 g/mol. The number of piperazine rings is 1. The van der Waals surface area contributed by atoms with Crippen LogP contribution in [0.5, 0.6) is 0 Å². The van der Waals surface area contributed by atoms with Crippen LogP contribution in [-0.2, 0) is 0 Å². The lowest BCUT2D eigenvalue weighted by Crippen LogP contribution is -2.49. The van der Waals surface area contributed by atoms with Gasteiger partial charge in [-0.2, -0.15) is 0 Å². The van der Waals surface area contributed by atoms with Crippen molar-refractivity contribution in [1.82, 2.24) is 9.80 Å². The number of hydrogen-bond donors (Lipinski definition) is 1. The van der Waals surface area contributed by atoms with Gasteiger partial charge in [0, 0.05) is 43.3 Å². The lowest BCUT2D eigenvalue weighted by molar-refractivity contribution is 0.0972. The largest absolute Gasteiger partial charge is 0.329 e. The highest BCUT2D eigenvalue weighted by Crippen LogP contribution is 2.30. The van der Waals surface area contributed by atoms with Crippen molar-refractivity contribution in [3.63, 3.8) is 0 Å². The number of halogens is 2. The van der Waals surface area contributed by atoms with Gasteiger partial charge in [-0.15, -0.1) is 0 Å². The van der Waals surface area contributed by atoms with Crippen molar-refractivity contribution in [3.05, 3.63) is 34.6 Å². The second kappa shape index (κ2) is 7.36. The van der Waals surface area contributed by atoms with Crippen molar-refractivity contribution >= 4 is 11.6 Å². The third kappa shape index (κ3) is 3.50. The van der Waals surface area contributed by atoms with Crippen LogP contribution in [0.15, 0.2) is 18.2 Å². The number of rotatable bonds is 5. The first-order valence-corrected chi connectivity index (χ1v) is 7.65. The molecule has 0 aliphatic carbocycles. The zero-order chi connectivity index (χ0) is 14.5. The molecule has 0 spiro atoms. The van der Waals surface area contributed by atoms with Crippen molar-refractivity contribution in [2.24, 2.45) is 5.73 Å². The first-order chi connectivity index (χ1) is 9.67. The Morgan fingerprint density at radius 1 is 1.30 bits per heavy atom. The Morgan fingerprint density at radius 3 is 2.55 bits per heavy atom. The molecule has 0 aromatic heterocycles. The molecule has 112 valence electrons. The summed E-state index contributed by atoms with van der Waals surface area (Å²) in [5.74, 6) is -0.260. The Kier molecular flexibility index (Phi) is 5.78. The van der Waals surface area contributed by atoms with Crippen LogP contribution in [0, 0.1) is 5.82 Å². The maximum Gasteiger partial charge on any atom is 0.129 e. The molecule has 1 aromatic carbocycles. The third-order valence-corrected chi connectivity index (χ3v) is 4.27. The molecule has 1 fully saturated rings. The van der Waals surface area contributed by atoms with Crippen molar-refractivity contribution in [2.75, 3.05) is 39.3 Å². The molecule has 2 rings (SSSR count). The van der Waals surface area contributed by atoms with Crippen LogP contribution >= 0.6 is 11.6 Å². The van der Waals surface area contributed by atoms with E-state index >= 15 is 0 Å². The van der Waals surface area contributed by atoms with E-state index in [4.69, 9.17) is 17.3 Å². The van der Waals surface area contributed by atoms with Crippen molar-refractivity contribution in [1.29, 1.82) is 0 Å². The van der Waals surface area contributed by atoms with E-state index in [1.165, 1.54) is 12.5 Å². The van der Waals surface area contributed by atoms with Gasteiger partial charge in [-0.1, -0.05) is 24.6 Å². The van der Waals surface area contributed by atoms with Gasteiger partial charge in [0.1, 0.15) is 5.82 Å². The van der Waals surface area contributed by atoms with Gasteiger partial charge in [-0.3, -0.25) is 4.90 Å². The molecule has 1 atom stereocenters. The van der Waals surface area contributed by atoms with Gasteiger partial charge in [-0.05, 0) is 25.1 Å². The zero-order valence-electron chi connectivity index (χ0n) is 12.0. The van der Waals surface area contributed by atoms with Gasteiger partial charge in [-0.25, -0.2) is 4.39 Å². The molecule has 0 radical (unpaired) electrons. The Hall–Kier alpha value is -0.680. The highest BCUT2D eigenvalue weighted by atomic mass is 35.5. The van der Waals surface area contributed by atoms with E-state index in [2.05, 4.69) is 16.7 Å². The summed E-state index contributed by atoms with van der Waals surface area (Å²) < 4.78 is 14.1. The summed E-state index contributed by atoms with van der Waals surface area (Å²) in [6.07, 6.45) is 1.17. The van der Waals surface area contributed by atoms with Gasteiger partial charge in [0.2, 0.25) is 0 Å². The van der Waals surface area contributed by atoms with E-state index in [-0.39, 0.29) is 11.9 Å². The summed E-state index contributed by atoms with van der Waals surface area (Å²) in [6, 6.07) is 4.69. The fourth-order valence-corrected chi connectivity index (χ4v) is 3.18. The monoisotopic (exact) mass is 299 g/mol. The molecule has 1 saturated heterocycles. The molecule has 1 aliphatic heterocycles. The second-order valence-electron chi connectivity index (χ2n) is 5.26. The first kappa shape index (κ1) is 15.7. The van der Waals surface area contributed by atoms with Gasteiger partial charge >= 0.3 is 0 Å². The number of hydrogen-bond acceptors (Lipinski definition) is 3. The van der Waals surface area contributed by atoms with E-state index < -0.39 is 0 Å². The maximum atomic E-state index is 14.1. The second-order valence-corrected chi connectivity index (χ2v) is 5.67. The topological polar surface area (TPSA) is 32.5 Å². The van der Waals surface area contributed by atoms with Crippen molar-refractivity contribution < 1.29 is 4.39 Å². The summed E-state index contributed by atoms with van der Waals surface area (Å²) in [5, 5.41) is 0.469. The number of benzene rings is 1. The molecule has 1 heterocycles. The Labute approximate surface area is 125 Å². The molecule has 20 heavy (non-hydrogen) atoms. The van der Waals surface area contributed by atoms with Crippen molar-refractivity contribution in [2.45, 2.75) is 19.4 Å². The lowest BCUT2D eigenvalue weighted by Gasteiger charge is -2.39. The molecule has 2 N–H and O–H groups in total. The van der Waals surface area contributed by atoms with E-state index in [1.807, 2.05) is 0 Å². The van der Waals surface area contributed by atoms with E-state index in [0.717, 1.165) is 32.7 Å². The zero-order valence-corrected chi connectivity index (χ0v) is 12.7. The maximum absolute atomic E-state index is 14.1. The standard InChI is InChI=1S/C15H23ClFN3/c1-2-6-19-7-9-20(10-8-19)14(11-18)15-12(16)4-3-5-13(15)17/h3-5,14H,2,6-11,18H2,1H3. The quantitative estimate of drug-likeness (QED) is 0.907. The van der Waals surface area contributed by atoms with Gasteiger partial charge in [0.15, 0.2) is 0 Å². The summed E-state index contributed by atoms with van der Waals surface area (Å²) in [6.45, 7) is 7.54. The molecule has 0 saturated carbocycles. The summed E-state index contributed by atoms with van der Waals surface area (Å²) in [5.41, 5.74) is 6.43. The molecule has 1 aromatic rings. The highest BCUT2D eigenvalue weighted by Gasteiger charge is 2.27. The van der Waals surface area contributed by atoms with Gasteiger partial charge < -0.3 is 10.6 Å². The van der Waals surface area contributed by atoms with E-state index in [0.29, 0.717) is 17.1 Å². The lowest BCUT2D eigenvalue weighted by atomic mass is 10.0. The Balaban J connectivity index is 2.10. The third-order valence-electron chi connectivity index (χ3n) is 3.94. The van der Waals surface area contributed by atoms with Gasteiger partial charge in [0.05, 0.1) is 6.04 Å². The number of nitrogens with zero attached hydrogens (tertiary/aromatic N) is 2. The molecular weight excluding hydrogens is 277 g/mol. The van der Waals surface area contributed by atoms with Gasteiger partial charge in [0.25, 0.3) is 0 Å². The van der Waals surface area contributed by atoms with Crippen LogP contribution in [0.2, 0.25) is 5.02 Å².